The van der Waals surface area contributed by atoms with Gasteiger partial charge in [0.15, 0.2) is 0 Å². The molecule has 35 heavy (non-hydrogen) atoms. The topological polar surface area (TPSA) is 140 Å². The molecule has 0 aliphatic heterocycles. The zero-order valence-electron chi connectivity index (χ0n) is 19.8. The summed E-state index contributed by atoms with van der Waals surface area (Å²) in [7, 11) is 0. The molecule has 3 aromatic rings. The Morgan fingerprint density at radius 1 is 1.11 bits per heavy atom. The van der Waals surface area contributed by atoms with Crippen LogP contribution in [-0.4, -0.2) is 47.6 Å². The Morgan fingerprint density at radius 2 is 1.86 bits per heavy atom. The molecule has 2 amide bonds. The third-order valence-corrected chi connectivity index (χ3v) is 6.72. The van der Waals surface area contributed by atoms with Gasteiger partial charge in [0.2, 0.25) is 5.91 Å². The van der Waals surface area contributed by atoms with E-state index in [9.17, 15) is 14.4 Å². The molecule has 0 radical (unpaired) electrons. The first kappa shape index (κ1) is 23.0. The summed E-state index contributed by atoms with van der Waals surface area (Å²) in [5, 5.41) is 20.6. The lowest BCUT2D eigenvalue weighted by Crippen LogP contribution is -2.50. The van der Waals surface area contributed by atoms with Crippen molar-refractivity contribution in [3.63, 3.8) is 0 Å². The molecule has 2 aliphatic carbocycles. The maximum absolute atomic E-state index is 13.5. The molecule has 5 rings (SSSR count). The van der Waals surface area contributed by atoms with Gasteiger partial charge in [0.05, 0.1) is 18.4 Å². The van der Waals surface area contributed by atoms with Crippen molar-refractivity contribution in [2.45, 2.75) is 58.2 Å². The van der Waals surface area contributed by atoms with Crippen LogP contribution in [0.5, 0.6) is 0 Å². The Labute approximate surface area is 202 Å². The van der Waals surface area contributed by atoms with Gasteiger partial charge < -0.3 is 10.6 Å². The van der Waals surface area contributed by atoms with Crippen LogP contribution in [0.1, 0.15) is 61.6 Å². The molecule has 0 spiro atoms. The molecule has 2 fully saturated rings. The van der Waals surface area contributed by atoms with E-state index in [-0.39, 0.29) is 35.9 Å². The lowest BCUT2D eigenvalue weighted by molar-refractivity contribution is -0.119. The van der Waals surface area contributed by atoms with E-state index in [0.717, 1.165) is 25.7 Å². The SMILES string of the molecule is CC(C)n1nccc1C(=O)N[C@H](C(=O)Nc1cnn(Cc2ccn[nH]c2=O)c1)C(C1CC1)C1CC1. The lowest BCUT2D eigenvalue weighted by atomic mass is 9.88. The Morgan fingerprint density at radius 3 is 2.51 bits per heavy atom. The highest BCUT2D eigenvalue weighted by Crippen LogP contribution is 2.50. The van der Waals surface area contributed by atoms with Gasteiger partial charge in [-0.15, -0.1) is 0 Å². The quantitative estimate of drug-likeness (QED) is 0.407. The molecule has 3 heterocycles. The number of rotatable bonds is 10. The number of anilines is 1. The van der Waals surface area contributed by atoms with Gasteiger partial charge in [-0.05, 0) is 69.4 Å². The number of aromatic nitrogens is 6. The predicted octanol–water partition coefficient (Wildman–Crippen LogP) is 1.97. The Bertz CT molecular complexity index is 1260. The van der Waals surface area contributed by atoms with Crippen LogP contribution >= 0.6 is 0 Å². The second-order valence-electron chi connectivity index (χ2n) is 9.78. The van der Waals surface area contributed by atoms with E-state index in [1.807, 2.05) is 13.8 Å². The summed E-state index contributed by atoms with van der Waals surface area (Å²) < 4.78 is 3.24. The number of carbonyl (C=O) groups is 2. The van der Waals surface area contributed by atoms with Crippen LogP contribution in [0.4, 0.5) is 5.69 Å². The van der Waals surface area contributed by atoms with Crippen LogP contribution in [0.25, 0.3) is 0 Å². The van der Waals surface area contributed by atoms with Crippen LogP contribution < -0.4 is 16.2 Å². The highest BCUT2D eigenvalue weighted by atomic mass is 16.2. The summed E-state index contributed by atoms with van der Waals surface area (Å²) in [6, 6.07) is 2.68. The first-order valence-electron chi connectivity index (χ1n) is 12.1. The molecule has 0 unspecified atom stereocenters. The Balaban J connectivity index is 1.33. The molecule has 11 heteroatoms. The molecule has 0 bridgehead atoms. The van der Waals surface area contributed by atoms with Gasteiger partial charge in [-0.2, -0.15) is 15.3 Å². The maximum Gasteiger partial charge on any atom is 0.270 e. The first-order chi connectivity index (χ1) is 16.9. The van der Waals surface area contributed by atoms with Gasteiger partial charge in [0.1, 0.15) is 11.7 Å². The molecule has 0 saturated heterocycles. The van der Waals surface area contributed by atoms with Crippen molar-refractivity contribution >= 4 is 17.5 Å². The molecule has 11 nitrogen and oxygen atoms in total. The van der Waals surface area contributed by atoms with Crippen molar-refractivity contribution in [1.82, 2.24) is 35.1 Å². The van der Waals surface area contributed by atoms with E-state index in [1.165, 1.54) is 6.20 Å². The molecule has 2 saturated carbocycles. The standard InChI is InChI=1S/C24H30N8O3/c1-14(2)32-19(8-10-26-32)23(34)29-21(20(15-3-4-15)16-5-6-16)24(35)28-18-11-27-31(13-18)12-17-7-9-25-30-22(17)33/h7-11,13-16,20-21H,3-6,12H2,1-2H3,(H,28,35)(H,29,34)(H,30,33)/t21-/m0/s1. The van der Waals surface area contributed by atoms with Gasteiger partial charge in [-0.1, -0.05) is 0 Å². The Hall–Kier alpha value is -3.76. The fourth-order valence-electron chi connectivity index (χ4n) is 4.75. The van der Waals surface area contributed by atoms with Gasteiger partial charge in [0, 0.05) is 30.2 Å². The second kappa shape index (κ2) is 9.47. The molecule has 2 aliphatic rings. The fourth-order valence-corrected chi connectivity index (χ4v) is 4.75. The number of hydrogen-bond donors (Lipinski definition) is 3. The summed E-state index contributed by atoms with van der Waals surface area (Å²) in [5.41, 5.74) is 1.18. The smallest absolute Gasteiger partial charge is 0.270 e. The van der Waals surface area contributed by atoms with E-state index in [1.54, 1.807) is 40.1 Å². The van der Waals surface area contributed by atoms with Crippen molar-refractivity contribution in [3.05, 3.63) is 58.5 Å². The normalized spacial score (nSPS) is 16.5. The molecule has 0 aromatic carbocycles. The average Bonchev–Trinajstić information content (AvgIpc) is 3.75. The molecule has 3 N–H and O–H groups in total. The number of amides is 2. The number of aromatic amines is 1. The minimum atomic E-state index is -0.649. The highest BCUT2D eigenvalue weighted by Gasteiger charge is 2.48. The van der Waals surface area contributed by atoms with E-state index in [0.29, 0.717) is 28.8 Å². The summed E-state index contributed by atoms with van der Waals surface area (Å²) >= 11 is 0. The molecular weight excluding hydrogens is 448 g/mol. The van der Waals surface area contributed by atoms with Gasteiger partial charge in [0.25, 0.3) is 11.5 Å². The maximum atomic E-state index is 13.5. The zero-order valence-corrected chi connectivity index (χ0v) is 19.8. The van der Waals surface area contributed by atoms with E-state index >= 15 is 0 Å². The predicted molar refractivity (Wildman–Crippen MR) is 128 cm³/mol. The summed E-state index contributed by atoms with van der Waals surface area (Å²) in [6.45, 7) is 4.17. The van der Waals surface area contributed by atoms with Crippen molar-refractivity contribution in [1.29, 1.82) is 0 Å². The van der Waals surface area contributed by atoms with Crippen LogP contribution in [0.15, 0.2) is 41.7 Å². The van der Waals surface area contributed by atoms with Gasteiger partial charge >= 0.3 is 0 Å². The van der Waals surface area contributed by atoms with Crippen LogP contribution in [-0.2, 0) is 11.3 Å². The minimum absolute atomic E-state index is 0.0270. The number of nitrogens with zero attached hydrogens (tertiary/aromatic N) is 5. The highest BCUT2D eigenvalue weighted by molar-refractivity contribution is 6.00. The summed E-state index contributed by atoms with van der Waals surface area (Å²) in [4.78, 5) is 38.6. The number of H-pyrrole nitrogens is 1. The number of nitrogens with one attached hydrogen (secondary N) is 3. The number of carbonyl (C=O) groups excluding carboxylic acids is 2. The van der Waals surface area contributed by atoms with E-state index in [4.69, 9.17) is 0 Å². The monoisotopic (exact) mass is 478 g/mol. The minimum Gasteiger partial charge on any atom is -0.339 e. The van der Waals surface area contributed by atoms with Crippen LogP contribution in [0.3, 0.4) is 0 Å². The zero-order chi connectivity index (χ0) is 24.5. The third-order valence-electron chi connectivity index (χ3n) is 6.72. The van der Waals surface area contributed by atoms with Crippen molar-refractivity contribution < 1.29 is 9.59 Å². The summed E-state index contributed by atoms with van der Waals surface area (Å²) in [5.74, 6) is 0.471. The third kappa shape index (κ3) is 5.18. The molecule has 1 atom stereocenters. The lowest BCUT2D eigenvalue weighted by Gasteiger charge is -2.27. The van der Waals surface area contributed by atoms with E-state index < -0.39 is 6.04 Å². The van der Waals surface area contributed by atoms with Gasteiger partial charge in [-0.25, -0.2) is 5.10 Å². The van der Waals surface area contributed by atoms with Crippen molar-refractivity contribution in [2.75, 3.05) is 5.32 Å². The summed E-state index contributed by atoms with van der Waals surface area (Å²) in [6.07, 6.45) is 10.7. The average molecular weight is 479 g/mol. The van der Waals surface area contributed by atoms with Crippen molar-refractivity contribution in [3.8, 4) is 0 Å². The van der Waals surface area contributed by atoms with Gasteiger partial charge in [-0.3, -0.25) is 23.7 Å². The van der Waals surface area contributed by atoms with Crippen LogP contribution in [0, 0.1) is 17.8 Å². The fraction of sp³-hybridized carbons (Fsp3) is 0.500. The molecule has 3 aromatic heterocycles. The number of hydrogen-bond acceptors (Lipinski definition) is 6. The molecule has 184 valence electrons. The molecular formula is C24H30N8O3. The Kier molecular flexibility index (Phi) is 6.23. The largest absolute Gasteiger partial charge is 0.339 e. The first-order valence-corrected chi connectivity index (χ1v) is 12.1. The van der Waals surface area contributed by atoms with Crippen molar-refractivity contribution in [2.24, 2.45) is 17.8 Å². The van der Waals surface area contributed by atoms with E-state index in [2.05, 4.69) is 31.0 Å². The second-order valence-corrected chi connectivity index (χ2v) is 9.78. The van der Waals surface area contributed by atoms with Crippen LogP contribution in [0.2, 0.25) is 0 Å².